The molecule has 2 heterocycles. The normalized spacial score (nSPS) is 17.7. The summed E-state index contributed by atoms with van der Waals surface area (Å²) in [7, 11) is -1.81. The Kier molecular flexibility index (Phi) is 4.24. The van der Waals surface area contributed by atoms with E-state index in [9.17, 15) is 8.42 Å². The van der Waals surface area contributed by atoms with Crippen LogP contribution in [-0.4, -0.2) is 38.9 Å². The summed E-state index contributed by atoms with van der Waals surface area (Å²) in [5, 5.41) is -0.373. The van der Waals surface area contributed by atoms with Crippen molar-refractivity contribution in [2.75, 3.05) is 24.6 Å². The zero-order chi connectivity index (χ0) is 13.2. The number of aromatic nitrogens is 1. The van der Waals surface area contributed by atoms with Crippen molar-refractivity contribution in [2.45, 2.75) is 18.1 Å². The van der Waals surface area contributed by atoms with Gasteiger partial charge in [0.2, 0.25) is 10.0 Å². The quantitative estimate of drug-likeness (QED) is 0.845. The van der Waals surface area contributed by atoms with Crippen LogP contribution in [-0.2, 0) is 14.8 Å². The van der Waals surface area contributed by atoms with Gasteiger partial charge >= 0.3 is 0 Å². The topological polar surface area (TPSA) is 59.5 Å². The van der Waals surface area contributed by atoms with Crippen LogP contribution < -0.4 is 4.31 Å². The summed E-state index contributed by atoms with van der Waals surface area (Å²) in [5.74, 6) is 0.435. The number of rotatable bonds is 3. The maximum Gasteiger partial charge on any atom is 0.239 e. The van der Waals surface area contributed by atoms with Gasteiger partial charge in [-0.05, 0) is 40.9 Å². The molecule has 0 bridgehead atoms. The second-order valence-corrected chi connectivity index (χ2v) is 7.32. The summed E-state index contributed by atoms with van der Waals surface area (Å²) >= 11 is 3.27. The lowest BCUT2D eigenvalue weighted by Gasteiger charge is -2.27. The number of hydrogen-bond donors (Lipinski definition) is 0. The summed E-state index contributed by atoms with van der Waals surface area (Å²) in [6.45, 7) is 1.01. The molecule has 1 aliphatic heterocycles. The van der Waals surface area contributed by atoms with Gasteiger partial charge in [0.1, 0.15) is 5.82 Å². The zero-order valence-electron chi connectivity index (χ0n) is 10.0. The van der Waals surface area contributed by atoms with Gasteiger partial charge in [0.15, 0.2) is 0 Å². The first kappa shape index (κ1) is 13.8. The van der Waals surface area contributed by atoms with Gasteiger partial charge in [-0.15, -0.1) is 0 Å². The van der Waals surface area contributed by atoms with Gasteiger partial charge in [0.25, 0.3) is 0 Å². The average Bonchev–Trinajstić information content (AvgIpc) is 2.40. The molecule has 0 saturated carbocycles. The average molecular weight is 335 g/mol. The molecule has 0 atom stereocenters. The van der Waals surface area contributed by atoms with Gasteiger partial charge in [0.05, 0.1) is 5.25 Å². The van der Waals surface area contributed by atoms with E-state index >= 15 is 0 Å². The van der Waals surface area contributed by atoms with E-state index in [1.807, 2.05) is 0 Å². The lowest BCUT2D eigenvalue weighted by Crippen LogP contribution is -2.39. The molecular weight excluding hydrogens is 320 g/mol. The van der Waals surface area contributed by atoms with Crippen molar-refractivity contribution in [1.29, 1.82) is 0 Å². The van der Waals surface area contributed by atoms with Crippen molar-refractivity contribution < 1.29 is 13.2 Å². The Balaban J connectivity index is 2.20. The van der Waals surface area contributed by atoms with Crippen LogP contribution in [0.25, 0.3) is 0 Å². The Bertz CT molecular complexity index is 498. The first-order chi connectivity index (χ1) is 8.51. The molecule has 0 N–H and O–H groups in total. The zero-order valence-corrected chi connectivity index (χ0v) is 12.4. The van der Waals surface area contributed by atoms with Gasteiger partial charge in [-0.2, -0.15) is 0 Å². The largest absolute Gasteiger partial charge is 0.381 e. The van der Waals surface area contributed by atoms with Crippen molar-refractivity contribution in [3.05, 3.63) is 22.8 Å². The van der Waals surface area contributed by atoms with E-state index < -0.39 is 10.0 Å². The summed E-state index contributed by atoms with van der Waals surface area (Å²) in [6.07, 6.45) is 2.68. The van der Waals surface area contributed by atoms with Crippen molar-refractivity contribution >= 4 is 31.8 Å². The third-order valence-corrected chi connectivity index (χ3v) is 5.74. The van der Waals surface area contributed by atoms with E-state index in [1.54, 1.807) is 25.4 Å². The van der Waals surface area contributed by atoms with E-state index in [4.69, 9.17) is 4.74 Å². The summed E-state index contributed by atoms with van der Waals surface area (Å²) < 4.78 is 32.1. The van der Waals surface area contributed by atoms with Crippen LogP contribution in [0.2, 0.25) is 0 Å². The molecule has 0 aliphatic carbocycles. The second-order valence-electron chi connectivity index (χ2n) is 4.16. The third-order valence-electron chi connectivity index (χ3n) is 3.01. The van der Waals surface area contributed by atoms with Crippen molar-refractivity contribution in [3.63, 3.8) is 0 Å². The van der Waals surface area contributed by atoms with Crippen molar-refractivity contribution in [1.82, 2.24) is 4.98 Å². The summed E-state index contributed by atoms with van der Waals surface area (Å²) in [5.41, 5.74) is 0. The van der Waals surface area contributed by atoms with Crippen LogP contribution in [0.3, 0.4) is 0 Å². The molecule has 0 spiro atoms. The molecule has 5 nitrogen and oxygen atoms in total. The first-order valence-corrected chi connectivity index (χ1v) is 7.98. The van der Waals surface area contributed by atoms with Crippen molar-refractivity contribution in [3.8, 4) is 0 Å². The molecule has 7 heteroatoms. The molecule has 0 radical (unpaired) electrons. The molecule has 100 valence electrons. The van der Waals surface area contributed by atoms with Crippen LogP contribution in [0.4, 0.5) is 5.82 Å². The monoisotopic (exact) mass is 334 g/mol. The molecule has 1 saturated heterocycles. The minimum absolute atomic E-state index is 0.373. The smallest absolute Gasteiger partial charge is 0.239 e. The summed E-state index contributed by atoms with van der Waals surface area (Å²) in [4.78, 5) is 4.11. The lowest BCUT2D eigenvalue weighted by atomic mass is 10.2. The molecule has 1 aromatic rings. The van der Waals surface area contributed by atoms with Crippen LogP contribution in [0.1, 0.15) is 12.8 Å². The second kappa shape index (κ2) is 5.54. The number of sulfonamides is 1. The van der Waals surface area contributed by atoms with E-state index in [0.717, 1.165) is 4.47 Å². The Morgan fingerprint density at radius 2 is 2.06 bits per heavy atom. The van der Waals surface area contributed by atoms with Gasteiger partial charge in [0, 0.05) is 30.9 Å². The molecular formula is C11H15BrN2O3S. The highest BCUT2D eigenvalue weighted by molar-refractivity contribution is 9.10. The Morgan fingerprint density at radius 1 is 1.39 bits per heavy atom. The molecule has 0 amide bonds. The third kappa shape index (κ3) is 2.84. The number of pyridine rings is 1. The molecule has 2 rings (SSSR count). The maximum atomic E-state index is 12.4. The van der Waals surface area contributed by atoms with Gasteiger partial charge < -0.3 is 4.74 Å². The molecule has 1 fully saturated rings. The first-order valence-electron chi connectivity index (χ1n) is 5.69. The predicted molar refractivity (Wildman–Crippen MR) is 73.1 cm³/mol. The fourth-order valence-corrected chi connectivity index (χ4v) is 3.72. The lowest BCUT2D eigenvalue weighted by molar-refractivity contribution is 0.0983. The highest BCUT2D eigenvalue weighted by Gasteiger charge is 2.32. The van der Waals surface area contributed by atoms with E-state index in [0.29, 0.717) is 31.9 Å². The SMILES string of the molecule is CN(c1ccc(Br)cn1)S(=O)(=O)C1CCOCC1. The number of anilines is 1. The summed E-state index contributed by atoms with van der Waals surface area (Å²) in [6, 6.07) is 3.46. The Morgan fingerprint density at radius 3 is 2.61 bits per heavy atom. The van der Waals surface area contributed by atoms with Crippen LogP contribution in [0.15, 0.2) is 22.8 Å². The van der Waals surface area contributed by atoms with Gasteiger partial charge in [-0.1, -0.05) is 0 Å². The van der Waals surface area contributed by atoms with Crippen LogP contribution in [0, 0.1) is 0 Å². The Hall–Kier alpha value is -0.660. The number of hydrogen-bond acceptors (Lipinski definition) is 4. The van der Waals surface area contributed by atoms with Crippen LogP contribution >= 0.6 is 15.9 Å². The maximum absolute atomic E-state index is 12.4. The number of ether oxygens (including phenoxy) is 1. The fourth-order valence-electron chi connectivity index (χ4n) is 1.88. The fraction of sp³-hybridized carbons (Fsp3) is 0.545. The van der Waals surface area contributed by atoms with E-state index in [2.05, 4.69) is 20.9 Å². The van der Waals surface area contributed by atoms with Gasteiger partial charge in [-0.25, -0.2) is 13.4 Å². The standard InChI is InChI=1S/C11H15BrN2O3S/c1-14(11-3-2-9(12)8-13-11)18(15,16)10-4-6-17-7-5-10/h2-3,8,10H,4-7H2,1H3. The highest BCUT2D eigenvalue weighted by Crippen LogP contribution is 2.23. The molecule has 1 aliphatic rings. The van der Waals surface area contributed by atoms with Crippen molar-refractivity contribution in [2.24, 2.45) is 0 Å². The minimum atomic E-state index is -3.35. The number of nitrogens with zero attached hydrogens (tertiary/aromatic N) is 2. The molecule has 18 heavy (non-hydrogen) atoms. The van der Waals surface area contributed by atoms with Gasteiger partial charge in [-0.3, -0.25) is 4.31 Å². The predicted octanol–water partition coefficient (Wildman–Crippen LogP) is 1.79. The van der Waals surface area contributed by atoms with E-state index in [-0.39, 0.29) is 5.25 Å². The molecule has 1 aromatic heterocycles. The molecule has 0 aromatic carbocycles. The number of halogens is 1. The minimum Gasteiger partial charge on any atom is -0.381 e. The molecule has 0 unspecified atom stereocenters. The highest BCUT2D eigenvalue weighted by atomic mass is 79.9. The van der Waals surface area contributed by atoms with Crippen LogP contribution in [0.5, 0.6) is 0 Å². The Labute approximate surface area is 115 Å². The van der Waals surface area contributed by atoms with E-state index in [1.165, 1.54) is 4.31 Å².